The van der Waals surface area contributed by atoms with Crippen molar-refractivity contribution in [3.05, 3.63) is 65.7 Å². The molecule has 0 unspecified atom stereocenters. The summed E-state index contributed by atoms with van der Waals surface area (Å²) in [5, 5.41) is 5.43. The zero-order valence-electron chi connectivity index (χ0n) is 13.0. The van der Waals surface area contributed by atoms with E-state index in [1.165, 1.54) is 5.56 Å². The summed E-state index contributed by atoms with van der Waals surface area (Å²) in [5.41, 5.74) is 4.06. The summed E-state index contributed by atoms with van der Waals surface area (Å²) >= 11 is 0. The van der Waals surface area contributed by atoms with E-state index in [4.69, 9.17) is 4.74 Å². The normalized spacial score (nSPS) is 11.2. The molecule has 0 bridgehead atoms. The van der Waals surface area contributed by atoms with Gasteiger partial charge in [-0.3, -0.25) is 0 Å². The molecule has 4 rings (SSSR count). The lowest BCUT2D eigenvalue weighted by molar-refractivity contribution is 0.294. The molecule has 0 saturated heterocycles. The molecule has 0 N–H and O–H groups in total. The van der Waals surface area contributed by atoms with Crippen LogP contribution in [0.4, 0.5) is 0 Å². The average Bonchev–Trinajstić information content (AvgIpc) is 3.00. The second-order valence-corrected chi connectivity index (χ2v) is 5.54. The Hall–Kier alpha value is -2.95. The fraction of sp³-hybridized carbons (Fsp3) is 0.167. The Morgan fingerprint density at radius 1 is 1.04 bits per heavy atom. The van der Waals surface area contributed by atoms with Gasteiger partial charge in [-0.05, 0) is 43.2 Å². The lowest BCUT2D eigenvalue weighted by Gasteiger charge is -2.08. The number of aromatic nitrogens is 4. The van der Waals surface area contributed by atoms with Crippen molar-refractivity contribution in [2.24, 2.45) is 0 Å². The molecule has 23 heavy (non-hydrogen) atoms. The molecule has 0 radical (unpaired) electrons. The molecule has 0 atom stereocenters. The molecule has 0 aliphatic heterocycles. The number of para-hydroxylation sites is 1. The highest BCUT2D eigenvalue weighted by Gasteiger charge is 2.09. The van der Waals surface area contributed by atoms with Crippen LogP contribution < -0.4 is 4.74 Å². The Balaban J connectivity index is 1.67. The van der Waals surface area contributed by atoms with E-state index in [-0.39, 0.29) is 0 Å². The first-order valence-corrected chi connectivity index (χ1v) is 7.50. The van der Waals surface area contributed by atoms with Gasteiger partial charge < -0.3 is 4.74 Å². The summed E-state index contributed by atoms with van der Waals surface area (Å²) in [6, 6.07) is 13.9. The van der Waals surface area contributed by atoms with Crippen molar-refractivity contribution in [1.29, 1.82) is 0 Å². The third-order valence-corrected chi connectivity index (χ3v) is 4.04. The van der Waals surface area contributed by atoms with Crippen molar-refractivity contribution in [2.45, 2.75) is 20.5 Å². The third kappa shape index (κ3) is 2.40. The maximum Gasteiger partial charge on any atom is 0.189 e. The van der Waals surface area contributed by atoms with Gasteiger partial charge in [0.1, 0.15) is 18.7 Å². The number of ether oxygens (including phenoxy) is 1. The van der Waals surface area contributed by atoms with Gasteiger partial charge >= 0.3 is 0 Å². The van der Waals surface area contributed by atoms with Crippen LogP contribution in [0.3, 0.4) is 0 Å². The Labute approximate surface area is 133 Å². The number of hydrogen-bond acceptors (Lipinski definition) is 4. The van der Waals surface area contributed by atoms with E-state index in [0.717, 1.165) is 27.9 Å². The summed E-state index contributed by atoms with van der Waals surface area (Å²) < 4.78 is 7.59. The molecule has 2 aromatic heterocycles. The molecule has 114 valence electrons. The minimum absolute atomic E-state index is 0.334. The Bertz CT molecular complexity index is 1010. The molecule has 2 aromatic carbocycles. The van der Waals surface area contributed by atoms with Crippen molar-refractivity contribution >= 4 is 16.6 Å². The molecule has 5 heteroatoms. The van der Waals surface area contributed by atoms with E-state index in [1.807, 2.05) is 36.4 Å². The number of benzene rings is 2. The fourth-order valence-corrected chi connectivity index (χ4v) is 2.61. The van der Waals surface area contributed by atoms with Crippen LogP contribution >= 0.6 is 0 Å². The van der Waals surface area contributed by atoms with Gasteiger partial charge in [0.05, 0.1) is 5.52 Å². The first-order valence-electron chi connectivity index (χ1n) is 7.50. The first kappa shape index (κ1) is 13.7. The largest absolute Gasteiger partial charge is 0.485 e. The molecule has 0 saturated carbocycles. The first-order chi connectivity index (χ1) is 11.2. The number of nitrogens with zero attached hydrogens (tertiary/aromatic N) is 4. The zero-order valence-corrected chi connectivity index (χ0v) is 13.0. The maximum absolute atomic E-state index is 5.89. The summed E-state index contributed by atoms with van der Waals surface area (Å²) in [4.78, 5) is 8.98. The highest BCUT2D eigenvalue weighted by molar-refractivity contribution is 5.90. The van der Waals surface area contributed by atoms with Crippen molar-refractivity contribution in [3.8, 4) is 5.75 Å². The van der Waals surface area contributed by atoms with Crippen LogP contribution in [0.5, 0.6) is 5.75 Å². The second-order valence-electron chi connectivity index (χ2n) is 5.54. The number of fused-ring (bicyclic) bond motifs is 3. The molecule has 5 nitrogen and oxygen atoms in total. The van der Waals surface area contributed by atoms with E-state index in [2.05, 4.69) is 35.0 Å². The SMILES string of the molecule is Cc1cccc(OCc2nc3c4ccccc4ncn3n2)c1C. The highest BCUT2D eigenvalue weighted by Crippen LogP contribution is 2.22. The minimum Gasteiger partial charge on any atom is -0.485 e. The molecular formula is C18H16N4O. The van der Waals surface area contributed by atoms with Crippen LogP contribution in [0, 0.1) is 13.8 Å². The van der Waals surface area contributed by atoms with Crippen LogP contribution in [0.25, 0.3) is 16.6 Å². The van der Waals surface area contributed by atoms with Gasteiger partial charge in [-0.15, -0.1) is 5.10 Å². The van der Waals surface area contributed by atoms with Crippen molar-refractivity contribution < 1.29 is 4.74 Å². The molecule has 2 heterocycles. The van der Waals surface area contributed by atoms with Crippen LogP contribution in [-0.4, -0.2) is 19.6 Å². The summed E-state index contributed by atoms with van der Waals surface area (Å²) in [6.07, 6.45) is 1.69. The van der Waals surface area contributed by atoms with Crippen LogP contribution in [0.15, 0.2) is 48.8 Å². The average molecular weight is 304 g/mol. The van der Waals surface area contributed by atoms with Gasteiger partial charge in [0, 0.05) is 5.39 Å². The van der Waals surface area contributed by atoms with E-state index >= 15 is 0 Å². The molecular weight excluding hydrogens is 288 g/mol. The highest BCUT2D eigenvalue weighted by atomic mass is 16.5. The Kier molecular flexibility index (Phi) is 3.19. The van der Waals surface area contributed by atoms with E-state index in [1.54, 1.807) is 10.8 Å². The molecule has 0 aliphatic rings. The van der Waals surface area contributed by atoms with Gasteiger partial charge in [0.25, 0.3) is 0 Å². The Morgan fingerprint density at radius 2 is 1.91 bits per heavy atom. The predicted octanol–water partition coefficient (Wildman–Crippen LogP) is 3.47. The van der Waals surface area contributed by atoms with Crippen LogP contribution in [0.2, 0.25) is 0 Å². The summed E-state index contributed by atoms with van der Waals surface area (Å²) in [7, 11) is 0. The van der Waals surface area contributed by atoms with Crippen molar-refractivity contribution in [2.75, 3.05) is 0 Å². The standard InChI is InChI=1S/C18H16N4O/c1-12-6-5-9-16(13(12)2)23-10-17-20-18-14-7-3-4-8-15(14)19-11-22(18)21-17/h3-9,11H,10H2,1-2H3. The number of rotatable bonds is 3. The van der Waals surface area contributed by atoms with E-state index in [0.29, 0.717) is 12.4 Å². The number of aryl methyl sites for hydroxylation is 1. The van der Waals surface area contributed by atoms with Crippen molar-refractivity contribution in [3.63, 3.8) is 0 Å². The van der Waals surface area contributed by atoms with E-state index < -0.39 is 0 Å². The second kappa shape index (κ2) is 5.35. The van der Waals surface area contributed by atoms with Gasteiger partial charge in [0.2, 0.25) is 0 Å². The quantitative estimate of drug-likeness (QED) is 0.581. The summed E-state index contributed by atoms with van der Waals surface area (Å²) in [5.74, 6) is 1.51. The molecule has 0 spiro atoms. The lowest BCUT2D eigenvalue weighted by Crippen LogP contribution is -2.00. The lowest BCUT2D eigenvalue weighted by atomic mass is 10.1. The molecule has 0 aliphatic carbocycles. The maximum atomic E-state index is 5.89. The van der Waals surface area contributed by atoms with E-state index in [9.17, 15) is 0 Å². The monoisotopic (exact) mass is 304 g/mol. The Morgan fingerprint density at radius 3 is 2.83 bits per heavy atom. The smallest absolute Gasteiger partial charge is 0.189 e. The minimum atomic E-state index is 0.334. The van der Waals surface area contributed by atoms with Gasteiger partial charge in [-0.1, -0.05) is 24.3 Å². The number of hydrogen-bond donors (Lipinski definition) is 0. The van der Waals surface area contributed by atoms with Gasteiger partial charge in [-0.2, -0.15) is 0 Å². The van der Waals surface area contributed by atoms with Gasteiger partial charge in [-0.25, -0.2) is 14.5 Å². The molecule has 4 aromatic rings. The van der Waals surface area contributed by atoms with Crippen molar-refractivity contribution in [1.82, 2.24) is 19.6 Å². The summed E-state index contributed by atoms with van der Waals surface area (Å²) in [6.45, 7) is 4.46. The molecule has 0 amide bonds. The fourth-order valence-electron chi connectivity index (χ4n) is 2.61. The molecule has 0 fully saturated rings. The topological polar surface area (TPSA) is 52.3 Å². The van der Waals surface area contributed by atoms with Gasteiger partial charge in [0.15, 0.2) is 11.5 Å². The van der Waals surface area contributed by atoms with Crippen LogP contribution in [0.1, 0.15) is 17.0 Å². The third-order valence-electron chi connectivity index (χ3n) is 4.04. The predicted molar refractivity (Wildman–Crippen MR) is 88.5 cm³/mol. The van der Waals surface area contributed by atoms with Crippen LogP contribution in [-0.2, 0) is 6.61 Å². The zero-order chi connectivity index (χ0) is 15.8.